The second-order valence-corrected chi connectivity index (χ2v) is 6.30. The molecule has 1 N–H and O–H groups in total. The number of aryl methyl sites for hydroxylation is 1. The molecule has 0 aliphatic heterocycles. The average Bonchev–Trinajstić information content (AvgIpc) is 2.42. The van der Waals surface area contributed by atoms with Crippen LogP contribution in [0, 0.1) is 6.92 Å². The normalized spacial score (nSPS) is 10.4. The third-order valence-electron chi connectivity index (χ3n) is 2.75. The van der Waals surface area contributed by atoms with Crippen molar-refractivity contribution in [3.8, 4) is 0 Å². The molecule has 20 heavy (non-hydrogen) atoms. The first-order valence-electron chi connectivity index (χ1n) is 5.64. The Morgan fingerprint density at radius 3 is 2.60 bits per heavy atom. The van der Waals surface area contributed by atoms with E-state index in [1.807, 2.05) is 19.1 Å². The van der Waals surface area contributed by atoms with E-state index in [9.17, 15) is 4.79 Å². The van der Waals surface area contributed by atoms with Gasteiger partial charge in [-0.15, -0.1) is 12.6 Å². The van der Waals surface area contributed by atoms with Gasteiger partial charge in [0.1, 0.15) is 0 Å². The Labute approximate surface area is 141 Å². The highest BCUT2D eigenvalue weighted by Crippen LogP contribution is 2.36. The number of nitrogens with one attached hydrogen (secondary N) is 1. The van der Waals surface area contributed by atoms with Crippen LogP contribution in [-0.2, 0) is 0 Å². The Bertz CT molecular complexity index is 691. The molecule has 0 bridgehead atoms. The molecule has 0 unspecified atom stereocenters. The van der Waals surface area contributed by atoms with E-state index in [1.165, 1.54) is 0 Å². The Balaban J connectivity index is 2.33. The molecule has 0 saturated carbocycles. The van der Waals surface area contributed by atoms with Gasteiger partial charge in [0.2, 0.25) is 0 Å². The molecular weight excluding hydrogens is 381 g/mol. The molecule has 0 aliphatic rings. The molecular formula is C14H10BrCl2NOS. The number of carbonyl (C=O) groups excluding carboxylic acids is 1. The van der Waals surface area contributed by atoms with Crippen LogP contribution >= 0.6 is 51.8 Å². The van der Waals surface area contributed by atoms with Crippen LogP contribution < -0.4 is 5.32 Å². The first-order valence-corrected chi connectivity index (χ1v) is 7.64. The monoisotopic (exact) mass is 389 g/mol. The van der Waals surface area contributed by atoms with Gasteiger partial charge in [-0.25, -0.2) is 0 Å². The Morgan fingerprint density at radius 1 is 1.20 bits per heavy atom. The molecule has 0 heterocycles. The summed E-state index contributed by atoms with van der Waals surface area (Å²) in [6, 6.07) is 8.80. The van der Waals surface area contributed by atoms with Crippen molar-refractivity contribution < 1.29 is 4.79 Å². The van der Waals surface area contributed by atoms with E-state index in [-0.39, 0.29) is 5.91 Å². The Hall–Kier alpha value is -0.680. The molecule has 0 aliphatic carbocycles. The molecule has 0 atom stereocenters. The number of anilines is 1. The van der Waals surface area contributed by atoms with E-state index in [0.29, 0.717) is 25.8 Å². The molecule has 1 amide bonds. The summed E-state index contributed by atoms with van der Waals surface area (Å²) in [5.41, 5.74) is 1.88. The number of hydrogen-bond donors (Lipinski definition) is 2. The topological polar surface area (TPSA) is 29.1 Å². The summed E-state index contributed by atoms with van der Waals surface area (Å²) in [6.07, 6.45) is 0. The van der Waals surface area contributed by atoms with Crippen molar-refractivity contribution in [2.75, 3.05) is 5.32 Å². The average molecular weight is 391 g/mol. The fourth-order valence-corrected chi connectivity index (χ4v) is 2.69. The van der Waals surface area contributed by atoms with Crippen molar-refractivity contribution >= 4 is 63.4 Å². The number of hydrogen-bond acceptors (Lipinski definition) is 2. The molecule has 104 valence electrons. The molecule has 2 aromatic rings. The second-order valence-electron chi connectivity index (χ2n) is 4.18. The molecule has 0 aromatic heterocycles. The summed E-state index contributed by atoms with van der Waals surface area (Å²) in [7, 11) is 0. The summed E-state index contributed by atoms with van der Waals surface area (Å²) < 4.78 is 0.677. The van der Waals surface area contributed by atoms with Gasteiger partial charge in [0.25, 0.3) is 5.91 Å². The predicted octanol–water partition coefficient (Wildman–Crippen LogP) is 5.61. The maximum Gasteiger partial charge on any atom is 0.256 e. The van der Waals surface area contributed by atoms with Crippen LogP contribution in [0.25, 0.3) is 0 Å². The highest BCUT2D eigenvalue weighted by atomic mass is 79.9. The van der Waals surface area contributed by atoms with Crippen molar-refractivity contribution in [2.45, 2.75) is 11.8 Å². The van der Waals surface area contributed by atoms with Crippen molar-refractivity contribution in [2.24, 2.45) is 0 Å². The van der Waals surface area contributed by atoms with Crippen LogP contribution in [-0.4, -0.2) is 5.91 Å². The molecule has 0 saturated heterocycles. The molecule has 2 nitrogen and oxygen atoms in total. The van der Waals surface area contributed by atoms with Crippen molar-refractivity contribution in [1.82, 2.24) is 0 Å². The Morgan fingerprint density at radius 2 is 1.90 bits per heavy atom. The van der Waals surface area contributed by atoms with E-state index in [2.05, 4.69) is 33.9 Å². The van der Waals surface area contributed by atoms with E-state index in [0.717, 1.165) is 10.5 Å². The van der Waals surface area contributed by atoms with E-state index >= 15 is 0 Å². The van der Waals surface area contributed by atoms with Gasteiger partial charge in [0, 0.05) is 14.9 Å². The van der Waals surface area contributed by atoms with Gasteiger partial charge in [0.15, 0.2) is 0 Å². The lowest BCUT2D eigenvalue weighted by Crippen LogP contribution is -2.13. The zero-order valence-corrected chi connectivity index (χ0v) is 14.4. The van der Waals surface area contributed by atoms with E-state index in [4.69, 9.17) is 23.2 Å². The quantitative estimate of drug-likeness (QED) is 0.506. The first-order chi connectivity index (χ1) is 9.40. The second kappa shape index (κ2) is 6.39. The lowest BCUT2D eigenvalue weighted by atomic mass is 10.1. The summed E-state index contributed by atoms with van der Waals surface area (Å²) in [6.45, 7) is 1.86. The Kier molecular flexibility index (Phi) is 5.02. The summed E-state index contributed by atoms with van der Waals surface area (Å²) in [4.78, 5) is 13.0. The maximum absolute atomic E-state index is 12.3. The van der Waals surface area contributed by atoms with Crippen LogP contribution in [0.2, 0.25) is 10.0 Å². The van der Waals surface area contributed by atoms with Crippen molar-refractivity contribution in [3.05, 3.63) is 56.0 Å². The number of carbonyl (C=O) groups is 1. The van der Waals surface area contributed by atoms with Crippen molar-refractivity contribution in [1.29, 1.82) is 0 Å². The minimum absolute atomic E-state index is 0.251. The van der Waals surface area contributed by atoms with Gasteiger partial charge in [-0.2, -0.15) is 0 Å². The van der Waals surface area contributed by atoms with Gasteiger partial charge in [-0.1, -0.05) is 29.3 Å². The highest BCUT2D eigenvalue weighted by Gasteiger charge is 2.14. The standard InChI is InChI=1S/C14H10BrCl2NOS/c1-7-2-3-8(20)6-9(7)14(19)18-11-5-4-10(15)12(16)13(11)17/h2-6,20H,1H3,(H,18,19). The van der Waals surface area contributed by atoms with Crippen LogP contribution in [0.3, 0.4) is 0 Å². The van der Waals surface area contributed by atoms with Crippen LogP contribution in [0.4, 0.5) is 5.69 Å². The van der Waals surface area contributed by atoms with Crippen LogP contribution in [0.1, 0.15) is 15.9 Å². The fraction of sp³-hybridized carbons (Fsp3) is 0.0714. The third-order valence-corrected chi connectivity index (χ3v) is 4.80. The van der Waals surface area contributed by atoms with Gasteiger partial charge in [0.05, 0.1) is 15.7 Å². The third kappa shape index (κ3) is 3.31. The van der Waals surface area contributed by atoms with Crippen molar-refractivity contribution in [3.63, 3.8) is 0 Å². The number of rotatable bonds is 2. The fourth-order valence-electron chi connectivity index (χ4n) is 1.67. The summed E-state index contributed by atoms with van der Waals surface area (Å²) in [5.74, 6) is -0.251. The zero-order chi connectivity index (χ0) is 14.9. The van der Waals surface area contributed by atoms with Gasteiger partial charge >= 0.3 is 0 Å². The summed E-state index contributed by atoms with van der Waals surface area (Å²) in [5, 5.41) is 3.42. The van der Waals surface area contributed by atoms with Gasteiger partial charge < -0.3 is 5.32 Å². The largest absolute Gasteiger partial charge is 0.321 e. The van der Waals surface area contributed by atoms with Gasteiger partial charge in [-0.05, 0) is 52.7 Å². The number of thiol groups is 1. The van der Waals surface area contributed by atoms with Crippen LogP contribution in [0.5, 0.6) is 0 Å². The maximum atomic E-state index is 12.3. The number of amides is 1. The summed E-state index contributed by atoms with van der Waals surface area (Å²) >= 11 is 19.6. The molecule has 0 radical (unpaired) electrons. The number of benzene rings is 2. The van der Waals surface area contributed by atoms with E-state index < -0.39 is 0 Å². The molecule has 2 aromatic carbocycles. The minimum Gasteiger partial charge on any atom is -0.321 e. The smallest absolute Gasteiger partial charge is 0.256 e. The zero-order valence-electron chi connectivity index (χ0n) is 10.4. The predicted molar refractivity (Wildman–Crippen MR) is 90.5 cm³/mol. The first kappa shape index (κ1) is 15.7. The molecule has 0 spiro atoms. The van der Waals surface area contributed by atoms with E-state index in [1.54, 1.807) is 18.2 Å². The lowest BCUT2D eigenvalue weighted by Gasteiger charge is -2.11. The highest BCUT2D eigenvalue weighted by molar-refractivity contribution is 9.10. The van der Waals surface area contributed by atoms with Gasteiger partial charge in [-0.3, -0.25) is 4.79 Å². The van der Waals surface area contributed by atoms with Crippen LogP contribution in [0.15, 0.2) is 39.7 Å². The SMILES string of the molecule is Cc1ccc(S)cc1C(=O)Nc1ccc(Br)c(Cl)c1Cl. The molecule has 0 fully saturated rings. The molecule has 6 heteroatoms. The molecule has 2 rings (SSSR count). The minimum atomic E-state index is -0.251. The number of halogens is 3. The lowest BCUT2D eigenvalue weighted by molar-refractivity contribution is 0.102.